The van der Waals surface area contributed by atoms with Crippen LogP contribution in [0, 0.1) is 0 Å². The largest absolute Gasteiger partial charge is 0.477 e. The molecule has 272 valence electrons. The van der Waals surface area contributed by atoms with Gasteiger partial charge in [-0.3, -0.25) is 9.59 Å². The third kappa shape index (κ3) is 29.0. The summed E-state index contributed by atoms with van der Waals surface area (Å²) >= 11 is 0. The SMILES string of the molecule is CC/C=C/C=C/C=C/CCCCCCCC(=O)OC(COCCC(C(=O)O)[N+](C)(C)C)COC(=O)CCC/C=C/C/C=C/C/C=C/CC. The van der Waals surface area contributed by atoms with Gasteiger partial charge in [-0.05, 0) is 57.8 Å². The topological polar surface area (TPSA) is 99.1 Å². The van der Waals surface area contributed by atoms with Crippen molar-refractivity contribution >= 4 is 17.9 Å². The number of carboxylic acids is 1. The summed E-state index contributed by atoms with van der Waals surface area (Å²) < 4.78 is 17.1. The van der Waals surface area contributed by atoms with Gasteiger partial charge in [0.2, 0.25) is 0 Å². The molecule has 0 aliphatic heterocycles. The first-order valence-corrected chi connectivity index (χ1v) is 18.0. The molecule has 0 rings (SSSR count). The number of nitrogens with zero attached hydrogens (tertiary/aromatic N) is 1. The molecule has 8 nitrogen and oxygen atoms in total. The zero-order valence-corrected chi connectivity index (χ0v) is 30.7. The molecule has 0 aromatic carbocycles. The van der Waals surface area contributed by atoms with Crippen LogP contribution >= 0.6 is 0 Å². The Balaban J connectivity index is 4.58. The van der Waals surface area contributed by atoms with Gasteiger partial charge in [0, 0.05) is 19.3 Å². The van der Waals surface area contributed by atoms with Crippen LogP contribution in [0.2, 0.25) is 0 Å². The van der Waals surface area contributed by atoms with Crippen molar-refractivity contribution in [3.05, 3.63) is 72.9 Å². The minimum Gasteiger partial charge on any atom is -0.477 e. The first-order valence-electron chi connectivity index (χ1n) is 18.0. The van der Waals surface area contributed by atoms with Gasteiger partial charge in [-0.15, -0.1) is 0 Å². The van der Waals surface area contributed by atoms with E-state index in [0.717, 1.165) is 70.6 Å². The number of carbonyl (C=O) groups excluding carboxylic acids is 2. The Morgan fingerprint density at radius 1 is 0.646 bits per heavy atom. The van der Waals surface area contributed by atoms with Crippen molar-refractivity contribution in [2.24, 2.45) is 0 Å². The summed E-state index contributed by atoms with van der Waals surface area (Å²) in [5.74, 6) is -1.58. The summed E-state index contributed by atoms with van der Waals surface area (Å²) in [7, 11) is 5.48. The summed E-state index contributed by atoms with van der Waals surface area (Å²) in [4.78, 5) is 36.7. The molecule has 0 heterocycles. The number of hydrogen-bond acceptors (Lipinski definition) is 6. The van der Waals surface area contributed by atoms with Gasteiger partial charge in [-0.2, -0.15) is 0 Å². The van der Waals surface area contributed by atoms with E-state index < -0.39 is 18.1 Å². The average molecular weight is 673 g/mol. The maximum absolute atomic E-state index is 12.6. The molecule has 0 aromatic heterocycles. The fourth-order valence-electron chi connectivity index (χ4n) is 4.64. The van der Waals surface area contributed by atoms with E-state index in [1.165, 1.54) is 0 Å². The van der Waals surface area contributed by atoms with E-state index in [1.54, 1.807) is 0 Å². The lowest BCUT2D eigenvalue weighted by atomic mass is 10.1. The molecule has 0 aromatic rings. The second-order valence-corrected chi connectivity index (χ2v) is 12.8. The molecule has 48 heavy (non-hydrogen) atoms. The zero-order chi connectivity index (χ0) is 35.7. The fraction of sp³-hybridized carbons (Fsp3) is 0.625. The molecule has 2 unspecified atom stereocenters. The minimum absolute atomic E-state index is 0.0323. The Morgan fingerprint density at radius 3 is 1.90 bits per heavy atom. The molecule has 0 aliphatic carbocycles. The van der Waals surface area contributed by atoms with Gasteiger partial charge in [0.15, 0.2) is 12.1 Å². The Hall–Kier alpha value is -3.23. The highest BCUT2D eigenvalue weighted by atomic mass is 16.6. The van der Waals surface area contributed by atoms with Gasteiger partial charge >= 0.3 is 17.9 Å². The number of likely N-dealkylation sites (N-methyl/N-ethyl adjacent to an activating group) is 1. The van der Waals surface area contributed by atoms with Gasteiger partial charge in [0.1, 0.15) is 6.61 Å². The van der Waals surface area contributed by atoms with E-state index in [9.17, 15) is 19.5 Å². The molecule has 0 saturated carbocycles. The Bertz CT molecular complexity index is 1020. The van der Waals surface area contributed by atoms with Crippen molar-refractivity contribution in [2.45, 2.75) is 122 Å². The lowest BCUT2D eigenvalue weighted by Gasteiger charge is -2.31. The zero-order valence-electron chi connectivity index (χ0n) is 30.7. The number of rotatable bonds is 30. The van der Waals surface area contributed by atoms with Crippen molar-refractivity contribution in [2.75, 3.05) is 41.0 Å². The summed E-state index contributed by atoms with van der Waals surface area (Å²) in [6.07, 6.45) is 36.7. The van der Waals surface area contributed by atoms with Crippen LogP contribution in [0.4, 0.5) is 0 Å². The van der Waals surface area contributed by atoms with Crippen molar-refractivity contribution < 1.29 is 38.2 Å². The number of unbranched alkanes of at least 4 members (excludes halogenated alkanes) is 6. The van der Waals surface area contributed by atoms with Crippen molar-refractivity contribution in [1.29, 1.82) is 0 Å². The van der Waals surface area contributed by atoms with Crippen LogP contribution in [-0.4, -0.2) is 80.6 Å². The van der Waals surface area contributed by atoms with Gasteiger partial charge in [-0.1, -0.05) is 106 Å². The summed E-state index contributed by atoms with van der Waals surface area (Å²) in [5, 5.41) is 9.56. The highest BCUT2D eigenvalue weighted by Crippen LogP contribution is 2.11. The lowest BCUT2D eigenvalue weighted by Crippen LogP contribution is -2.50. The Kier molecular flexibility index (Phi) is 29.0. The molecular weight excluding hydrogens is 606 g/mol. The second-order valence-electron chi connectivity index (χ2n) is 12.8. The normalized spacial score (nSPS) is 13.9. The lowest BCUT2D eigenvalue weighted by molar-refractivity contribution is -0.887. The number of carbonyl (C=O) groups is 3. The molecule has 0 fully saturated rings. The van der Waals surface area contributed by atoms with Gasteiger partial charge in [0.25, 0.3) is 0 Å². The minimum atomic E-state index is -0.891. The fourth-order valence-corrected chi connectivity index (χ4v) is 4.64. The van der Waals surface area contributed by atoms with Crippen LogP contribution in [0.3, 0.4) is 0 Å². The number of esters is 2. The summed E-state index contributed by atoms with van der Waals surface area (Å²) in [6.45, 7) is 4.36. The molecular formula is C40H66NO7+. The standard InChI is InChI=1S/C40H65NO7/c1-6-8-10-12-14-16-18-19-21-23-25-27-29-31-39(43)48-36(34-46-33-32-37(40(44)45)41(3,4)5)35-47-38(42)30-28-26-24-22-20-17-15-13-11-9-7-2/h8-12,14-18,22,24,36-37H,6-7,13,19-21,23,25-35H2,1-5H3/p+1/b10-8+,11-9+,14-12+,17-15+,18-16+,24-22+. The van der Waals surface area contributed by atoms with E-state index in [2.05, 4.69) is 74.6 Å². The molecule has 0 bridgehead atoms. The van der Waals surface area contributed by atoms with Crippen molar-refractivity contribution in [3.8, 4) is 0 Å². The number of aliphatic carboxylic acids is 1. The molecule has 0 spiro atoms. The molecule has 0 amide bonds. The number of allylic oxidation sites excluding steroid dienone is 12. The monoisotopic (exact) mass is 672 g/mol. The number of quaternary nitrogens is 1. The van der Waals surface area contributed by atoms with E-state index in [-0.39, 0.29) is 42.7 Å². The molecule has 0 radical (unpaired) electrons. The van der Waals surface area contributed by atoms with Gasteiger partial charge < -0.3 is 23.8 Å². The predicted octanol–water partition coefficient (Wildman–Crippen LogP) is 8.85. The van der Waals surface area contributed by atoms with Crippen molar-refractivity contribution in [1.82, 2.24) is 0 Å². The molecule has 0 saturated heterocycles. The van der Waals surface area contributed by atoms with Crippen LogP contribution in [-0.2, 0) is 28.6 Å². The maximum atomic E-state index is 12.6. The quantitative estimate of drug-likeness (QED) is 0.0268. The van der Waals surface area contributed by atoms with E-state index in [1.807, 2.05) is 33.3 Å². The average Bonchev–Trinajstić information content (AvgIpc) is 3.03. The van der Waals surface area contributed by atoms with Crippen LogP contribution < -0.4 is 0 Å². The first kappa shape index (κ1) is 44.8. The predicted molar refractivity (Wildman–Crippen MR) is 197 cm³/mol. The van der Waals surface area contributed by atoms with Crippen LogP contribution in [0.5, 0.6) is 0 Å². The third-order valence-corrected chi connectivity index (χ3v) is 7.41. The van der Waals surface area contributed by atoms with E-state index in [0.29, 0.717) is 19.3 Å². The van der Waals surface area contributed by atoms with E-state index >= 15 is 0 Å². The Morgan fingerprint density at radius 2 is 1.23 bits per heavy atom. The Labute approximate surface area is 291 Å². The summed E-state index contributed by atoms with van der Waals surface area (Å²) in [5.41, 5.74) is 0. The molecule has 2 atom stereocenters. The number of hydrogen-bond donors (Lipinski definition) is 1. The smallest absolute Gasteiger partial charge is 0.362 e. The molecule has 1 N–H and O–H groups in total. The number of ether oxygens (including phenoxy) is 3. The van der Waals surface area contributed by atoms with Gasteiger partial charge in [0.05, 0.1) is 34.4 Å². The van der Waals surface area contributed by atoms with E-state index in [4.69, 9.17) is 14.2 Å². The van der Waals surface area contributed by atoms with Gasteiger partial charge in [-0.25, -0.2) is 4.79 Å². The van der Waals surface area contributed by atoms with Crippen LogP contribution in [0.1, 0.15) is 110 Å². The highest BCUT2D eigenvalue weighted by Gasteiger charge is 2.31. The summed E-state index contributed by atoms with van der Waals surface area (Å²) in [6, 6.07) is -0.627. The van der Waals surface area contributed by atoms with Crippen LogP contribution in [0.15, 0.2) is 72.9 Å². The second kappa shape index (κ2) is 31.1. The molecule has 8 heteroatoms. The highest BCUT2D eigenvalue weighted by molar-refractivity contribution is 5.72. The maximum Gasteiger partial charge on any atom is 0.362 e. The molecule has 0 aliphatic rings. The first-order chi connectivity index (χ1) is 23.1. The third-order valence-electron chi connectivity index (χ3n) is 7.41. The van der Waals surface area contributed by atoms with Crippen molar-refractivity contribution in [3.63, 3.8) is 0 Å². The number of carboxylic acid groups (broad SMARTS) is 1. The van der Waals surface area contributed by atoms with Crippen LogP contribution in [0.25, 0.3) is 0 Å².